The number of rotatable bonds is 5. The van der Waals surface area contributed by atoms with Crippen molar-refractivity contribution in [1.82, 2.24) is 0 Å². The summed E-state index contributed by atoms with van der Waals surface area (Å²) in [6.45, 7) is 0. The van der Waals surface area contributed by atoms with Crippen LogP contribution in [0.5, 0.6) is 0 Å². The lowest BCUT2D eigenvalue weighted by Crippen LogP contribution is -2.01. The Balaban J connectivity index is 1.91. The highest BCUT2D eigenvalue weighted by atomic mass is 16.1. The van der Waals surface area contributed by atoms with Crippen LogP contribution in [0.15, 0.2) is 66.7 Å². The molecular weight excluding hydrogens is 356 g/mol. The molecule has 2 heteroatoms. The van der Waals surface area contributed by atoms with Crippen LogP contribution in [0.1, 0.15) is 70.7 Å². The van der Waals surface area contributed by atoms with Gasteiger partial charge in [-0.25, -0.2) is 0 Å². The van der Waals surface area contributed by atoms with Gasteiger partial charge >= 0.3 is 0 Å². The zero-order chi connectivity index (χ0) is 20.1. The fourth-order valence-electron chi connectivity index (χ4n) is 4.72. The van der Waals surface area contributed by atoms with Crippen molar-refractivity contribution in [3.8, 4) is 22.3 Å². The summed E-state index contributed by atoms with van der Waals surface area (Å²) in [7, 11) is 0. The van der Waals surface area contributed by atoms with Gasteiger partial charge in [0.25, 0.3) is 0 Å². The maximum absolute atomic E-state index is 11.8. The Morgan fingerprint density at radius 2 is 1.14 bits per heavy atom. The highest BCUT2D eigenvalue weighted by Crippen LogP contribution is 2.41. The van der Waals surface area contributed by atoms with Gasteiger partial charge in [-0.15, -0.1) is 0 Å². The molecule has 0 aromatic heterocycles. The van der Waals surface area contributed by atoms with Crippen LogP contribution in [-0.2, 0) is 0 Å². The van der Waals surface area contributed by atoms with Crippen molar-refractivity contribution in [3.63, 3.8) is 0 Å². The minimum absolute atomic E-state index is 0.550. The first-order valence-electron chi connectivity index (χ1n) is 10.6. The molecule has 0 aliphatic heterocycles. The van der Waals surface area contributed by atoms with Crippen molar-refractivity contribution in [2.75, 3.05) is 0 Å². The van der Waals surface area contributed by atoms with Crippen molar-refractivity contribution < 1.29 is 9.59 Å². The second-order valence-electron chi connectivity index (χ2n) is 7.87. The first kappa shape index (κ1) is 19.3. The number of hydrogen-bond acceptors (Lipinski definition) is 2. The average molecular weight is 383 g/mol. The molecule has 2 nitrogen and oxygen atoms in total. The van der Waals surface area contributed by atoms with Gasteiger partial charge in [0.15, 0.2) is 12.6 Å². The molecule has 4 rings (SSSR count). The molecule has 0 unspecified atom stereocenters. The zero-order valence-corrected chi connectivity index (χ0v) is 16.6. The number of hydrogen-bond donors (Lipinski definition) is 0. The molecule has 0 bridgehead atoms. The summed E-state index contributed by atoms with van der Waals surface area (Å²) in [5.41, 5.74) is 6.46. The van der Waals surface area contributed by atoms with E-state index in [0.29, 0.717) is 17.0 Å². The lowest BCUT2D eigenvalue weighted by atomic mass is 9.83. The molecule has 0 spiro atoms. The Bertz CT molecular complexity index is 984. The zero-order valence-electron chi connectivity index (χ0n) is 16.6. The van der Waals surface area contributed by atoms with Gasteiger partial charge in [-0.3, -0.25) is 9.59 Å². The molecule has 1 fully saturated rings. The molecule has 0 atom stereocenters. The van der Waals surface area contributed by atoms with Crippen LogP contribution in [0, 0.1) is 0 Å². The molecule has 1 aliphatic carbocycles. The van der Waals surface area contributed by atoms with Gasteiger partial charge in [-0.05, 0) is 41.0 Å². The quantitative estimate of drug-likeness (QED) is 0.349. The predicted octanol–water partition coefficient (Wildman–Crippen LogP) is 7.08. The summed E-state index contributed by atoms with van der Waals surface area (Å²) < 4.78 is 0. The molecular formula is C27H26O2. The maximum Gasteiger partial charge on any atom is 0.150 e. The highest BCUT2D eigenvalue weighted by Gasteiger charge is 2.21. The molecule has 3 aromatic rings. The largest absolute Gasteiger partial charge is 0.298 e. The fourth-order valence-corrected chi connectivity index (χ4v) is 4.72. The lowest BCUT2D eigenvalue weighted by Gasteiger charge is -2.21. The smallest absolute Gasteiger partial charge is 0.150 e. The molecule has 0 amide bonds. The van der Waals surface area contributed by atoms with Gasteiger partial charge < -0.3 is 0 Å². The first-order valence-corrected chi connectivity index (χ1v) is 10.6. The molecule has 1 saturated carbocycles. The van der Waals surface area contributed by atoms with Crippen molar-refractivity contribution in [2.45, 2.75) is 44.4 Å². The second-order valence-corrected chi connectivity index (χ2v) is 7.87. The molecule has 146 valence electrons. The van der Waals surface area contributed by atoms with Crippen LogP contribution < -0.4 is 0 Å². The van der Waals surface area contributed by atoms with Gasteiger partial charge in [0.2, 0.25) is 0 Å². The molecule has 0 N–H and O–H groups in total. The van der Waals surface area contributed by atoms with E-state index in [4.69, 9.17) is 0 Å². The Kier molecular flexibility index (Phi) is 6.00. The molecule has 0 saturated heterocycles. The summed E-state index contributed by atoms with van der Waals surface area (Å²) in [4.78, 5) is 23.5. The van der Waals surface area contributed by atoms with Crippen LogP contribution in [-0.4, -0.2) is 12.6 Å². The number of aldehydes is 2. The third-order valence-electron chi connectivity index (χ3n) is 6.13. The monoisotopic (exact) mass is 382 g/mol. The van der Waals surface area contributed by atoms with E-state index in [1.54, 1.807) is 18.2 Å². The lowest BCUT2D eigenvalue weighted by molar-refractivity contribution is 0.112. The molecule has 1 aliphatic rings. The van der Waals surface area contributed by atoms with Crippen LogP contribution in [0.4, 0.5) is 0 Å². The predicted molar refractivity (Wildman–Crippen MR) is 119 cm³/mol. The minimum Gasteiger partial charge on any atom is -0.298 e. The number of carbonyl (C=O) groups is 2. The summed E-state index contributed by atoms with van der Waals surface area (Å²) in [6, 6.07) is 22.1. The summed E-state index contributed by atoms with van der Waals surface area (Å²) in [6.07, 6.45) is 9.35. The summed E-state index contributed by atoms with van der Waals surface area (Å²) >= 11 is 0. The Morgan fingerprint density at radius 1 is 0.586 bits per heavy atom. The van der Waals surface area contributed by atoms with Crippen LogP contribution in [0.3, 0.4) is 0 Å². The Morgan fingerprint density at radius 3 is 1.76 bits per heavy atom. The van der Waals surface area contributed by atoms with Gasteiger partial charge in [0, 0.05) is 16.7 Å². The fraction of sp³-hybridized carbons (Fsp3) is 0.259. The van der Waals surface area contributed by atoms with Gasteiger partial charge in [0.1, 0.15) is 0 Å². The highest BCUT2D eigenvalue weighted by molar-refractivity contribution is 6.01. The average Bonchev–Trinajstić information content (AvgIpc) is 3.08. The number of carbonyl (C=O) groups excluding carboxylic acids is 2. The van der Waals surface area contributed by atoms with E-state index in [2.05, 4.69) is 30.3 Å². The number of benzene rings is 3. The van der Waals surface area contributed by atoms with Crippen LogP contribution in [0.2, 0.25) is 0 Å². The maximum atomic E-state index is 11.8. The van der Waals surface area contributed by atoms with Gasteiger partial charge in [-0.1, -0.05) is 92.4 Å². The third kappa shape index (κ3) is 3.93. The molecule has 29 heavy (non-hydrogen) atoms. The van der Waals surface area contributed by atoms with E-state index >= 15 is 0 Å². The van der Waals surface area contributed by atoms with Crippen LogP contribution in [0.25, 0.3) is 22.3 Å². The van der Waals surface area contributed by atoms with E-state index in [1.165, 1.54) is 49.7 Å². The SMILES string of the molecule is O=Cc1cccc(C=O)c1-c1ccccc1-c1ccccc1C1CCCCCC1. The normalized spacial score (nSPS) is 14.9. The van der Waals surface area contributed by atoms with E-state index in [1.807, 2.05) is 18.2 Å². The second kappa shape index (κ2) is 9.00. The molecule has 0 radical (unpaired) electrons. The van der Waals surface area contributed by atoms with Gasteiger partial charge in [-0.2, -0.15) is 0 Å². The minimum atomic E-state index is 0.550. The van der Waals surface area contributed by atoms with Crippen LogP contribution >= 0.6 is 0 Å². The van der Waals surface area contributed by atoms with Crippen molar-refractivity contribution in [2.24, 2.45) is 0 Å². The van der Waals surface area contributed by atoms with Crippen molar-refractivity contribution in [1.29, 1.82) is 0 Å². The topological polar surface area (TPSA) is 34.1 Å². The van der Waals surface area contributed by atoms with E-state index < -0.39 is 0 Å². The standard InChI is InChI=1S/C27H26O2/c28-18-21-12-9-13-22(19-29)27(21)26-17-8-7-16-25(26)24-15-6-5-14-23(24)20-10-3-1-2-4-11-20/h5-9,12-20H,1-4,10-11H2. The first-order chi connectivity index (χ1) is 14.3. The van der Waals surface area contributed by atoms with E-state index in [0.717, 1.165) is 29.3 Å². The summed E-state index contributed by atoms with van der Waals surface area (Å²) in [5.74, 6) is 0.564. The van der Waals surface area contributed by atoms with Crippen molar-refractivity contribution >= 4 is 12.6 Å². The Hall–Kier alpha value is -3.00. The summed E-state index contributed by atoms with van der Waals surface area (Å²) in [5, 5.41) is 0. The van der Waals surface area contributed by atoms with E-state index in [9.17, 15) is 9.59 Å². The van der Waals surface area contributed by atoms with Gasteiger partial charge in [0.05, 0.1) is 0 Å². The van der Waals surface area contributed by atoms with Crippen molar-refractivity contribution in [3.05, 3.63) is 83.4 Å². The Labute approximate surface area is 172 Å². The molecule has 3 aromatic carbocycles. The molecule has 0 heterocycles. The third-order valence-corrected chi connectivity index (χ3v) is 6.13. The van der Waals surface area contributed by atoms with E-state index in [-0.39, 0.29) is 0 Å².